The molecule has 13 heteroatoms. The Morgan fingerprint density at radius 1 is 1.04 bits per heavy atom. The number of ether oxygens (including phenoxy) is 1. The number of nitrogens with one attached hydrogen (secondary N) is 1. The summed E-state index contributed by atoms with van der Waals surface area (Å²) in [6.45, 7) is 7.83. The van der Waals surface area contributed by atoms with Gasteiger partial charge < -0.3 is 19.9 Å². The zero-order valence-corrected chi connectivity index (χ0v) is 27.9. The van der Waals surface area contributed by atoms with Gasteiger partial charge in [-0.2, -0.15) is 0 Å². The summed E-state index contributed by atoms with van der Waals surface area (Å²) in [4.78, 5) is 34.9. The Morgan fingerprint density at radius 2 is 1.70 bits per heavy atom. The molecule has 2 aromatic carbocycles. The summed E-state index contributed by atoms with van der Waals surface area (Å²) in [5.74, 6) is 0.435. The molecule has 1 unspecified atom stereocenters. The van der Waals surface area contributed by atoms with Gasteiger partial charge in [-0.1, -0.05) is 12.1 Å². The molecule has 0 bridgehead atoms. The molecule has 46 heavy (non-hydrogen) atoms. The maximum absolute atomic E-state index is 13.8. The standard InChI is InChI=1S/C33H43FN6O5S/c1-33(2,3)45-32(42)39-19-17-38(18-20-39)30-31(41)40(26-12-14-27(15-13-26)46(43,44)37(4)5)22-25(36-30)7-6-16-35-29-21-28(29)23-8-10-24(34)11-9-23/h8-15,22,28-29,35H,6-7,16-21H2,1-5H3/t28-,29?/m0/s1. The van der Waals surface area contributed by atoms with Gasteiger partial charge >= 0.3 is 6.09 Å². The lowest BCUT2D eigenvalue weighted by molar-refractivity contribution is 0.0240. The number of sulfonamides is 1. The number of halogens is 1. The van der Waals surface area contributed by atoms with E-state index in [1.807, 2.05) is 37.8 Å². The number of rotatable bonds is 10. The first-order chi connectivity index (χ1) is 21.7. The van der Waals surface area contributed by atoms with Crippen LogP contribution < -0.4 is 15.8 Å². The number of benzene rings is 2. The van der Waals surface area contributed by atoms with Crippen LogP contribution in [0.15, 0.2) is 64.4 Å². The topological polar surface area (TPSA) is 117 Å². The van der Waals surface area contributed by atoms with Crippen molar-refractivity contribution in [1.29, 1.82) is 0 Å². The summed E-state index contributed by atoms with van der Waals surface area (Å²) in [5, 5.41) is 3.58. The fourth-order valence-corrected chi connectivity index (χ4v) is 6.42. The molecule has 1 amide bonds. The zero-order chi connectivity index (χ0) is 33.2. The lowest BCUT2D eigenvalue weighted by Gasteiger charge is -2.36. The molecule has 1 aromatic heterocycles. The second-order valence-corrected chi connectivity index (χ2v) is 15.2. The van der Waals surface area contributed by atoms with Crippen LogP contribution in [0.25, 0.3) is 5.69 Å². The van der Waals surface area contributed by atoms with Gasteiger partial charge in [-0.15, -0.1) is 0 Å². The van der Waals surface area contributed by atoms with E-state index in [0.29, 0.717) is 50.2 Å². The molecule has 0 radical (unpaired) electrons. The van der Waals surface area contributed by atoms with Crippen LogP contribution in [0, 0.1) is 5.82 Å². The number of hydrogen-bond acceptors (Lipinski definition) is 8. The van der Waals surface area contributed by atoms with E-state index in [1.54, 1.807) is 23.2 Å². The fourth-order valence-electron chi connectivity index (χ4n) is 5.52. The summed E-state index contributed by atoms with van der Waals surface area (Å²) >= 11 is 0. The van der Waals surface area contributed by atoms with Gasteiger partial charge in [-0.05, 0) is 88.5 Å². The Hall–Kier alpha value is -3.81. The third kappa shape index (κ3) is 7.94. The number of aromatic nitrogens is 2. The largest absolute Gasteiger partial charge is 0.444 e. The monoisotopic (exact) mass is 654 g/mol. The van der Waals surface area contributed by atoms with E-state index >= 15 is 0 Å². The predicted molar refractivity (Wildman–Crippen MR) is 175 cm³/mol. The van der Waals surface area contributed by atoms with Gasteiger partial charge in [0.25, 0.3) is 5.56 Å². The van der Waals surface area contributed by atoms with Crippen LogP contribution >= 0.6 is 0 Å². The highest BCUT2D eigenvalue weighted by Gasteiger charge is 2.37. The van der Waals surface area contributed by atoms with Gasteiger partial charge in [0.15, 0.2) is 5.82 Å². The third-order valence-corrected chi connectivity index (χ3v) is 10.00. The van der Waals surface area contributed by atoms with Crippen molar-refractivity contribution in [3.05, 3.63) is 82.2 Å². The van der Waals surface area contributed by atoms with Crippen molar-refractivity contribution in [1.82, 2.24) is 24.1 Å². The van der Waals surface area contributed by atoms with E-state index in [0.717, 1.165) is 34.9 Å². The summed E-state index contributed by atoms with van der Waals surface area (Å²) in [6, 6.07) is 13.2. The Bertz CT molecular complexity index is 1700. The van der Waals surface area contributed by atoms with Crippen LogP contribution in [0.1, 0.15) is 50.8 Å². The molecule has 1 aliphatic heterocycles. The van der Waals surface area contributed by atoms with Crippen molar-refractivity contribution in [2.24, 2.45) is 0 Å². The molecule has 1 saturated heterocycles. The van der Waals surface area contributed by atoms with Crippen LogP contribution in [0.3, 0.4) is 0 Å². The molecule has 1 saturated carbocycles. The minimum atomic E-state index is -3.62. The van der Waals surface area contributed by atoms with Crippen molar-refractivity contribution >= 4 is 21.9 Å². The molecule has 2 atom stereocenters. The number of anilines is 1. The van der Waals surface area contributed by atoms with Crippen molar-refractivity contribution in [2.45, 2.75) is 62.5 Å². The summed E-state index contributed by atoms with van der Waals surface area (Å²) < 4.78 is 46.7. The van der Waals surface area contributed by atoms with Crippen LogP contribution in [0.2, 0.25) is 0 Å². The summed E-state index contributed by atoms with van der Waals surface area (Å²) in [6.07, 6.45) is 3.73. The lowest BCUT2D eigenvalue weighted by Crippen LogP contribution is -2.51. The SMILES string of the molecule is CN(C)S(=O)(=O)c1ccc(-n2cc(CCCNC3C[C@H]3c3ccc(F)cc3)nc(N3CCN(C(=O)OC(C)(C)C)CC3)c2=O)cc1. The second-order valence-electron chi connectivity index (χ2n) is 13.0. The second kappa shape index (κ2) is 13.5. The highest BCUT2D eigenvalue weighted by Crippen LogP contribution is 2.40. The molecular weight excluding hydrogens is 611 g/mol. The molecule has 248 valence electrons. The maximum Gasteiger partial charge on any atom is 0.410 e. The number of aryl methyl sites for hydroxylation is 1. The molecule has 2 heterocycles. The molecule has 2 aliphatic rings. The molecule has 5 rings (SSSR count). The van der Waals surface area contributed by atoms with Crippen LogP contribution in [0.5, 0.6) is 0 Å². The Kier molecular flexibility index (Phi) is 9.85. The average molecular weight is 655 g/mol. The Labute approximate surface area is 270 Å². The first-order valence-electron chi connectivity index (χ1n) is 15.6. The molecule has 0 spiro atoms. The molecule has 1 aliphatic carbocycles. The Balaban J connectivity index is 1.31. The van der Waals surface area contributed by atoms with Crippen LogP contribution in [-0.2, 0) is 21.2 Å². The van der Waals surface area contributed by atoms with Crippen molar-refractivity contribution in [3.63, 3.8) is 0 Å². The quantitative estimate of drug-likeness (QED) is 0.329. The third-order valence-electron chi connectivity index (χ3n) is 8.17. The number of nitrogens with zero attached hydrogens (tertiary/aromatic N) is 5. The molecular formula is C33H43FN6O5S. The molecule has 11 nitrogen and oxygen atoms in total. The number of hydrogen-bond donors (Lipinski definition) is 1. The van der Waals surface area contributed by atoms with E-state index in [2.05, 4.69) is 5.32 Å². The molecule has 1 N–H and O–H groups in total. The van der Waals surface area contributed by atoms with Crippen molar-refractivity contribution < 1.29 is 22.3 Å². The van der Waals surface area contributed by atoms with Crippen LogP contribution in [0.4, 0.5) is 15.0 Å². The van der Waals surface area contributed by atoms with E-state index in [9.17, 15) is 22.4 Å². The number of piperazine rings is 1. The maximum atomic E-state index is 13.8. The lowest BCUT2D eigenvalue weighted by atomic mass is 10.1. The predicted octanol–water partition coefficient (Wildman–Crippen LogP) is 3.76. The number of carbonyl (C=O) groups is 1. The van der Waals surface area contributed by atoms with Crippen molar-refractivity contribution in [3.8, 4) is 5.69 Å². The molecule has 3 aromatic rings. The van der Waals surface area contributed by atoms with Crippen molar-refractivity contribution in [2.75, 3.05) is 51.7 Å². The van der Waals surface area contributed by atoms with E-state index in [1.165, 1.54) is 42.9 Å². The minimum Gasteiger partial charge on any atom is -0.444 e. The van der Waals surface area contributed by atoms with Gasteiger partial charge in [-0.3, -0.25) is 9.36 Å². The van der Waals surface area contributed by atoms with Gasteiger partial charge in [-0.25, -0.2) is 26.9 Å². The van der Waals surface area contributed by atoms with Gasteiger partial charge in [0.2, 0.25) is 10.0 Å². The fraction of sp³-hybridized carbons (Fsp3) is 0.485. The smallest absolute Gasteiger partial charge is 0.410 e. The van der Waals surface area contributed by atoms with Gasteiger partial charge in [0.1, 0.15) is 11.4 Å². The average Bonchev–Trinajstić information content (AvgIpc) is 3.79. The van der Waals surface area contributed by atoms with Gasteiger partial charge in [0, 0.05) is 64.1 Å². The van der Waals surface area contributed by atoms with E-state index in [-0.39, 0.29) is 28.2 Å². The van der Waals surface area contributed by atoms with E-state index in [4.69, 9.17) is 9.72 Å². The number of carbonyl (C=O) groups excluding carboxylic acids is 1. The zero-order valence-electron chi connectivity index (χ0n) is 27.1. The Morgan fingerprint density at radius 3 is 2.30 bits per heavy atom. The van der Waals surface area contributed by atoms with Gasteiger partial charge in [0.05, 0.1) is 10.6 Å². The highest BCUT2D eigenvalue weighted by atomic mass is 32.2. The summed E-state index contributed by atoms with van der Waals surface area (Å²) in [5.41, 5.74) is 1.46. The normalized spacial score (nSPS) is 18.6. The first-order valence-corrected chi connectivity index (χ1v) is 17.0. The first kappa shape index (κ1) is 33.6. The summed E-state index contributed by atoms with van der Waals surface area (Å²) in [7, 11) is -0.683. The minimum absolute atomic E-state index is 0.132. The van der Waals surface area contributed by atoms with E-state index < -0.39 is 15.6 Å². The molecule has 2 fully saturated rings. The number of amides is 1. The van der Waals surface area contributed by atoms with Crippen LogP contribution in [-0.4, -0.2) is 91.7 Å². The highest BCUT2D eigenvalue weighted by molar-refractivity contribution is 7.89.